The monoisotopic (exact) mass is 752 g/mol. The van der Waals surface area contributed by atoms with Crippen molar-refractivity contribution in [1.82, 2.24) is 4.57 Å². The van der Waals surface area contributed by atoms with Crippen molar-refractivity contribution in [2.45, 2.75) is 0 Å². The maximum atomic E-state index is 6.56. The zero-order valence-electron chi connectivity index (χ0n) is 32.1. The number of hydrogen-bond donors (Lipinski definition) is 0. The molecule has 12 aromatic rings. The van der Waals surface area contributed by atoms with Gasteiger partial charge in [-0.25, -0.2) is 0 Å². The molecule has 0 radical (unpaired) electrons. The number of hydrogen-bond acceptors (Lipinski definition) is 2. The molecule has 0 saturated carbocycles. The van der Waals surface area contributed by atoms with E-state index in [1.54, 1.807) is 0 Å². The summed E-state index contributed by atoms with van der Waals surface area (Å²) in [5.74, 6) is 0. The Morgan fingerprint density at radius 1 is 0.305 bits per heavy atom. The molecule has 276 valence electrons. The molecule has 0 aliphatic heterocycles. The van der Waals surface area contributed by atoms with E-state index >= 15 is 0 Å². The van der Waals surface area contributed by atoms with Crippen LogP contribution in [0.3, 0.4) is 0 Å². The largest absolute Gasteiger partial charge is 0.456 e. The summed E-state index contributed by atoms with van der Waals surface area (Å²) in [5, 5.41) is 9.39. The highest BCUT2D eigenvalue weighted by atomic mass is 16.3. The molecule has 0 aliphatic rings. The van der Waals surface area contributed by atoms with E-state index in [1.165, 1.54) is 60.2 Å². The average Bonchev–Trinajstić information content (AvgIpc) is 3.84. The fourth-order valence-electron chi connectivity index (χ4n) is 9.37. The first-order valence-electron chi connectivity index (χ1n) is 20.2. The number of furan rings is 1. The van der Waals surface area contributed by atoms with Crippen molar-refractivity contribution in [3.05, 3.63) is 218 Å². The molecule has 2 aromatic heterocycles. The van der Waals surface area contributed by atoms with E-state index in [9.17, 15) is 0 Å². The zero-order valence-corrected chi connectivity index (χ0v) is 32.1. The van der Waals surface area contributed by atoms with Crippen LogP contribution in [0.25, 0.3) is 93.2 Å². The molecule has 0 spiro atoms. The Kier molecular flexibility index (Phi) is 7.54. The van der Waals surface area contributed by atoms with Crippen molar-refractivity contribution in [2.24, 2.45) is 0 Å². The molecule has 0 amide bonds. The Labute approximate surface area is 341 Å². The van der Waals surface area contributed by atoms with E-state index in [4.69, 9.17) is 4.42 Å². The number of fused-ring (bicyclic) bond motifs is 9. The molecule has 0 N–H and O–H groups in total. The molecule has 3 nitrogen and oxygen atoms in total. The van der Waals surface area contributed by atoms with Gasteiger partial charge in [-0.1, -0.05) is 133 Å². The van der Waals surface area contributed by atoms with Gasteiger partial charge in [-0.15, -0.1) is 0 Å². The third-order valence-electron chi connectivity index (χ3n) is 11.9. The van der Waals surface area contributed by atoms with Crippen LogP contribution in [0, 0.1) is 0 Å². The van der Waals surface area contributed by atoms with E-state index in [-0.39, 0.29) is 0 Å². The molecule has 12 rings (SSSR count). The molecular formula is C56H36N2O. The highest BCUT2D eigenvalue weighted by Crippen LogP contribution is 2.49. The van der Waals surface area contributed by atoms with Gasteiger partial charge >= 0.3 is 0 Å². The SMILES string of the molecule is c1ccc(-c2c(-c3ccc4c(c3)c3ccccc3n4-c3ccccc3)c3cc(N(c4ccccc4)c4ccccc4)ccc3c3cc4oc5ccccc5c4cc23)cc1. The number of nitrogens with zero attached hydrogens (tertiary/aromatic N) is 2. The molecule has 0 saturated heterocycles. The average molecular weight is 753 g/mol. The van der Waals surface area contributed by atoms with Crippen LogP contribution in [-0.4, -0.2) is 4.57 Å². The molecule has 0 aliphatic carbocycles. The minimum absolute atomic E-state index is 0.890. The van der Waals surface area contributed by atoms with Gasteiger partial charge in [0.25, 0.3) is 0 Å². The van der Waals surface area contributed by atoms with Gasteiger partial charge in [-0.05, 0) is 129 Å². The first kappa shape index (κ1) is 33.3. The lowest BCUT2D eigenvalue weighted by molar-refractivity contribution is 0.669. The summed E-state index contributed by atoms with van der Waals surface area (Å²) in [6, 6.07) is 78.8. The first-order valence-corrected chi connectivity index (χ1v) is 20.2. The molecule has 59 heavy (non-hydrogen) atoms. The Morgan fingerprint density at radius 3 is 1.64 bits per heavy atom. The van der Waals surface area contributed by atoms with E-state index < -0.39 is 0 Å². The molecule has 0 fully saturated rings. The van der Waals surface area contributed by atoms with Gasteiger partial charge in [0.1, 0.15) is 11.2 Å². The van der Waals surface area contributed by atoms with Crippen LogP contribution in [0.5, 0.6) is 0 Å². The van der Waals surface area contributed by atoms with Gasteiger partial charge < -0.3 is 13.9 Å². The van der Waals surface area contributed by atoms with Crippen molar-refractivity contribution < 1.29 is 4.42 Å². The molecule has 3 heteroatoms. The maximum Gasteiger partial charge on any atom is 0.136 e. The van der Waals surface area contributed by atoms with Crippen LogP contribution >= 0.6 is 0 Å². The Balaban J connectivity index is 1.24. The fraction of sp³-hybridized carbons (Fsp3) is 0. The summed E-state index contributed by atoms with van der Waals surface area (Å²) >= 11 is 0. The van der Waals surface area contributed by atoms with Crippen molar-refractivity contribution in [2.75, 3.05) is 4.90 Å². The zero-order chi connectivity index (χ0) is 38.9. The van der Waals surface area contributed by atoms with Gasteiger partial charge in [-0.3, -0.25) is 0 Å². The number of rotatable bonds is 6. The van der Waals surface area contributed by atoms with Crippen molar-refractivity contribution in [3.8, 4) is 27.9 Å². The number of aromatic nitrogens is 1. The second-order valence-corrected chi connectivity index (χ2v) is 15.3. The number of benzene rings is 10. The van der Waals surface area contributed by atoms with E-state index in [2.05, 4.69) is 222 Å². The van der Waals surface area contributed by atoms with E-state index in [0.717, 1.165) is 50.1 Å². The van der Waals surface area contributed by atoms with Gasteiger partial charge in [0.15, 0.2) is 0 Å². The Hall–Kier alpha value is -7.88. The normalized spacial score (nSPS) is 11.7. The lowest BCUT2D eigenvalue weighted by Gasteiger charge is -2.27. The van der Waals surface area contributed by atoms with Crippen LogP contribution in [0.1, 0.15) is 0 Å². The summed E-state index contributed by atoms with van der Waals surface area (Å²) in [7, 11) is 0. The second kappa shape index (κ2) is 13.4. The lowest BCUT2D eigenvalue weighted by atomic mass is 9.84. The molecule has 0 atom stereocenters. The molecule has 2 heterocycles. The highest BCUT2D eigenvalue weighted by Gasteiger charge is 2.23. The summed E-state index contributed by atoms with van der Waals surface area (Å²) in [6.45, 7) is 0. The smallest absolute Gasteiger partial charge is 0.136 e. The standard InChI is InChI=1S/C56H36N2O/c1-5-17-37(18-6-1)55-50-35-48-45-26-14-16-28-53(45)59-54(48)36-46(50)43-31-30-42(57(39-19-7-2-8-20-39)40-21-9-3-10-22-40)34-49(43)56(55)38-29-32-52-47(33-38)44-25-13-15-27-51(44)58(52)41-23-11-4-12-24-41/h1-36H. The predicted molar refractivity (Wildman–Crippen MR) is 249 cm³/mol. The first-order chi connectivity index (χ1) is 29.3. The summed E-state index contributed by atoms with van der Waals surface area (Å²) < 4.78 is 8.96. The minimum Gasteiger partial charge on any atom is -0.456 e. The van der Waals surface area contributed by atoms with E-state index in [0.29, 0.717) is 0 Å². The number of para-hydroxylation sites is 5. The van der Waals surface area contributed by atoms with Gasteiger partial charge in [0.05, 0.1) is 11.0 Å². The van der Waals surface area contributed by atoms with Crippen molar-refractivity contribution in [1.29, 1.82) is 0 Å². The quantitative estimate of drug-likeness (QED) is 0.158. The van der Waals surface area contributed by atoms with Crippen molar-refractivity contribution >= 4 is 82.4 Å². The molecule has 0 unspecified atom stereocenters. The molecule has 10 aromatic carbocycles. The maximum absolute atomic E-state index is 6.56. The second-order valence-electron chi connectivity index (χ2n) is 15.3. The van der Waals surface area contributed by atoms with Crippen LogP contribution in [-0.2, 0) is 0 Å². The highest BCUT2D eigenvalue weighted by molar-refractivity contribution is 6.26. The third kappa shape index (κ3) is 5.29. The van der Waals surface area contributed by atoms with Crippen LogP contribution in [0.15, 0.2) is 223 Å². The summed E-state index contributed by atoms with van der Waals surface area (Å²) in [4.78, 5) is 2.36. The fourth-order valence-corrected chi connectivity index (χ4v) is 9.37. The third-order valence-corrected chi connectivity index (χ3v) is 11.9. The lowest BCUT2D eigenvalue weighted by Crippen LogP contribution is -2.09. The molecule has 0 bridgehead atoms. The number of anilines is 3. The topological polar surface area (TPSA) is 21.3 Å². The van der Waals surface area contributed by atoms with E-state index in [1.807, 2.05) is 6.07 Å². The van der Waals surface area contributed by atoms with Crippen LogP contribution < -0.4 is 4.90 Å². The Morgan fingerprint density at radius 2 is 0.898 bits per heavy atom. The predicted octanol–water partition coefficient (Wildman–Crippen LogP) is 15.8. The van der Waals surface area contributed by atoms with Gasteiger partial charge in [0, 0.05) is 44.3 Å². The molecular weight excluding hydrogens is 717 g/mol. The van der Waals surface area contributed by atoms with Gasteiger partial charge in [0.2, 0.25) is 0 Å². The summed E-state index contributed by atoms with van der Waals surface area (Å²) in [5.41, 5.74) is 13.3. The summed E-state index contributed by atoms with van der Waals surface area (Å²) in [6.07, 6.45) is 0. The minimum atomic E-state index is 0.890. The Bertz CT molecular complexity index is 3490. The van der Waals surface area contributed by atoms with Gasteiger partial charge in [-0.2, -0.15) is 0 Å². The van der Waals surface area contributed by atoms with Crippen molar-refractivity contribution in [3.63, 3.8) is 0 Å². The van der Waals surface area contributed by atoms with Crippen LogP contribution in [0.4, 0.5) is 17.1 Å². The van der Waals surface area contributed by atoms with Crippen LogP contribution in [0.2, 0.25) is 0 Å².